The number of aliphatic hydroxyl groups is 1. The van der Waals surface area contributed by atoms with E-state index in [0.717, 1.165) is 38.5 Å². The fourth-order valence-electron chi connectivity index (χ4n) is 10.1. The minimum atomic E-state index is -0.814. The molecule has 0 aromatic heterocycles. The third-order valence-corrected chi connectivity index (χ3v) is 12.9. The van der Waals surface area contributed by atoms with Crippen molar-refractivity contribution in [1.29, 1.82) is 0 Å². The molecule has 37 heavy (non-hydrogen) atoms. The second kappa shape index (κ2) is 8.27. The molecular weight excluding hydrogens is 462 g/mol. The molecule has 4 N–H and O–H groups in total. The highest BCUT2D eigenvalue weighted by molar-refractivity contribution is 5.95. The molecule has 0 radical (unpaired) electrons. The monoisotopic (exact) mass is 512 g/mol. The Hall–Kier alpha value is -1.46. The van der Waals surface area contributed by atoms with Gasteiger partial charge in [0, 0.05) is 11.8 Å². The standard InChI is InChI=1S/C32H49NO4/c1-27(2)22-10-13-32(7)23(30(22,5)12-11-24(27)34)9-8-20-21-18-28(3,26(36)37-17-16-33)19-25(35)29(21,4)14-15-31(20,32)6/h8-9,22-24,34H,10-19,33H2,1-7H3/p+1/t22-,23+,24+,28+,29-,30+,31-,32+/m0/s1. The third kappa shape index (κ3) is 3.41. The molecule has 0 amide bonds. The molecule has 206 valence electrons. The van der Waals surface area contributed by atoms with Crippen molar-refractivity contribution in [1.82, 2.24) is 0 Å². The van der Waals surface area contributed by atoms with Crippen LogP contribution in [0.1, 0.15) is 99.8 Å². The number of fused-ring (bicyclic) bond motifs is 6. The highest BCUT2D eigenvalue weighted by Gasteiger charge is 2.67. The summed E-state index contributed by atoms with van der Waals surface area (Å²) in [7, 11) is 0. The average Bonchev–Trinajstić information content (AvgIpc) is 2.82. The zero-order valence-corrected chi connectivity index (χ0v) is 24.3. The van der Waals surface area contributed by atoms with Gasteiger partial charge in [0.25, 0.3) is 0 Å². The molecule has 0 saturated heterocycles. The second-order valence-electron chi connectivity index (χ2n) is 15.1. The van der Waals surface area contributed by atoms with Crippen LogP contribution in [-0.2, 0) is 14.3 Å². The van der Waals surface area contributed by atoms with Gasteiger partial charge in [-0.3, -0.25) is 9.59 Å². The topological polar surface area (TPSA) is 91.2 Å². The number of allylic oxidation sites excluding steroid dienone is 4. The summed E-state index contributed by atoms with van der Waals surface area (Å²) in [6.07, 6.45) is 11.5. The van der Waals surface area contributed by atoms with E-state index in [4.69, 9.17) is 4.74 Å². The average molecular weight is 513 g/mol. The van der Waals surface area contributed by atoms with Crippen molar-refractivity contribution in [2.24, 2.45) is 44.3 Å². The van der Waals surface area contributed by atoms with Crippen molar-refractivity contribution in [2.45, 2.75) is 106 Å². The Morgan fingerprint density at radius 1 is 1.03 bits per heavy atom. The van der Waals surface area contributed by atoms with Gasteiger partial charge in [-0.1, -0.05) is 52.3 Å². The molecule has 3 saturated carbocycles. The Morgan fingerprint density at radius 3 is 2.41 bits per heavy atom. The number of carbonyl (C=O) groups excluding carboxylic acids is 2. The van der Waals surface area contributed by atoms with Gasteiger partial charge in [0.15, 0.2) is 0 Å². The summed E-state index contributed by atoms with van der Waals surface area (Å²) in [5, 5.41) is 10.9. The molecule has 0 aliphatic heterocycles. The van der Waals surface area contributed by atoms with E-state index in [0.29, 0.717) is 31.4 Å². The Balaban J connectivity index is 1.62. The Labute approximate surface area is 223 Å². The van der Waals surface area contributed by atoms with Crippen molar-refractivity contribution >= 4 is 11.8 Å². The lowest BCUT2D eigenvalue weighted by Gasteiger charge is -2.69. The number of carbonyl (C=O) groups is 2. The van der Waals surface area contributed by atoms with Gasteiger partial charge in [-0.2, -0.15) is 0 Å². The van der Waals surface area contributed by atoms with Gasteiger partial charge < -0.3 is 15.6 Å². The van der Waals surface area contributed by atoms with E-state index >= 15 is 0 Å². The van der Waals surface area contributed by atoms with Crippen LogP contribution in [0.2, 0.25) is 0 Å². The van der Waals surface area contributed by atoms with Crippen molar-refractivity contribution in [2.75, 3.05) is 13.2 Å². The van der Waals surface area contributed by atoms with Crippen LogP contribution in [0.3, 0.4) is 0 Å². The first-order valence-electron chi connectivity index (χ1n) is 14.7. The Bertz CT molecular complexity index is 1070. The zero-order valence-electron chi connectivity index (χ0n) is 24.3. The molecule has 0 bridgehead atoms. The lowest BCUT2D eigenvalue weighted by molar-refractivity contribution is -0.372. The van der Waals surface area contributed by atoms with E-state index < -0.39 is 10.8 Å². The normalized spacial score (nSPS) is 48.5. The molecule has 3 fully saturated rings. The first-order valence-corrected chi connectivity index (χ1v) is 14.7. The molecular formula is C32H50NO4+. The fourth-order valence-corrected chi connectivity index (χ4v) is 10.1. The number of esters is 1. The van der Waals surface area contributed by atoms with Crippen LogP contribution in [0.25, 0.3) is 0 Å². The van der Waals surface area contributed by atoms with E-state index in [1.807, 2.05) is 6.92 Å². The molecule has 0 aromatic carbocycles. The maximum Gasteiger partial charge on any atom is 0.312 e. The van der Waals surface area contributed by atoms with Crippen LogP contribution in [-0.4, -0.2) is 36.1 Å². The molecule has 5 heteroatoms. The number of hydrogen-bond acceptors (Lipinski definition) is 4. The van der Waals surface area contributed by atoms with Gasteiger partial charge in [-0.25, -0.2) is 0 Å². The summed E-state index contributed by atoms with van der Waals surface area (Å²) >= 11 is 0. The summed E-state index contributed by atoms with van der Waals surface area (Å²) < 4.78 is 5.55. The van der Waals surface area contributed by atoms with Gasteiger partial charge in [-0.05, 0) is 97.9 Å². The van der Waals surface area contributed by atoms with Crippen molar-refractivity contribution < 1.29 is 25.2 Å². The molecule has 0 spiro atoms. The Kier molecular flexibility index (Phi) is 6.06. The number of aliphatic hydroxyl groups excluding tert-OH is 1. The summed E-state index contributed by atoms with van der Waals surface area (Å²) in [5.41, 5.74) is 5.07. The van der Waals surface area contributed by atoms with Gasteiger partial charge in [0.2, 0.25) is 0 Å². The van der Waals surface area contributed by atoms with Gasteiger partial charge in [-0.15, -0.1) is 0 Å². The second-order valence-corrected chi connectivity index (χ2v) is 15.1. The number of ether oxygens (including phenoxy) is 1. The predicted octanol–water partition coefficient (Wildman–Crippen LogP) is 5.03. The van der Waals surface area contributed by atoms with Crippen molar-refractivity contribution in [3.63, 3.8) is 0 Å². The van der Waals surface area contributed by atoms with E-state index in [-0.39, 0.29) is 45.9 Å². The maximum absolute atomic E-state index is 13.7. The van der Waals surface area contributed by atoms with Crippen LogP contribution in [0, 0.1) is 44.3 Å². The van der Waals surface area contributed by atoms with Gasteiger partial charge >= 0.3 is 5.97 Å². The Morgan fingerprint density at radius 2 is 1.73 bits per heavy atom. The summed E-state index contributed by atoms with van der Waals surface area (Å²) in [5.74, 6) is 0.848. The van der Waals surface area contributed by atoms with E-state index in [9.17, 15) is 14.7 Å². The van der Waals surface area contributed by atoms with Crippen LogP contribution < -0.4 is 5.73 Å². The summed E-state index contributed by atoms with van der Waals surface area (Å²) in [4.78, 5) is 26.9. The smallest absolute Gasteiger partial charge is 0.312 e. The van der Waals surface area contributed by atoms with E-state index in [1.54, 1.807) is 0 Å². The van der Waals surface area contributed by atoms with E-state index in [1.165, 1.54) is 11.1 Å². The minimum Gasteiger partial charge on any atom is -0.459 e. The predicted molar refractivity (Wildman–Crippen MR) is 144 cm³/mol. The zero-order chi connectivity index (χ0) is 27.2. The number of ketones is 1. The number of rotatable bonds is 3. The fraction of sp³-hybridized carbons (Fsp3) is 0.812. The van der Waals surface area contributed by atoms with Crippen molar-refractivity contribution in [3.05, 3.63) is 23.3 Å². The molecule has 0 heterocycles. The molecule has 0 unspecified atom stereocenters. The lowest BCUT2D eigenvalue weighted by atomic mass is 9.35. The first kappa shape index (κ1) is 27.1. The van der Waals surface area contributed by atoms with Gasteiger partial charge in [0.05, 0.1) is 11.5 Å². The summed E-state index contributed by atoms with van der Waals surface area (Å²) in [6, 6.07) is 0. The third-order valence-electron chi connectivity index (χ3n) is 12.9. The molecule has 5 nitrogen and oxygen atoms in total. The van der Waals surface area contributed by atoms with Crippen LogP contribution in [0.4, 0.5) is 0 Å². The van der Waals surface area contributed by atoms with Crippen LogP contribution in [0.15, 0.2) is 23.3 Å². The SMILES string of the molecule is CC1(C)[C@H](O)CC[C@@]2(C)[C@H]3C=CC4=C5C[C@@](C)(C(=O)OCC[NH3+])CC(=O)[C@@]5(C)CC[C@]4(C)[C@]3(C)CC[C@@H]12. The van der Waals surface area contributed by atoms with Crippen molar-refractivity contribution in [3.8, 4) is 0 Å². The molecule has 5 aliphatic carbocycles. The first-order chi connectivity index (χ1) is 17.1. The lowest BCUT2D eigenvalue weighted by Crippen LogP contribution is -2.63. The van der Waals surface area contributed by atoms with Crippen LogP contribution >= 0.6 is 0 Å². The highest BCUT2D eigenvalue weighted by atomic mass is 16.5. The van der Waals surface area contributed by atoms with Gasteiger partial charge in [0.1, 0.15) is 18.9 Å². The molecule has 5 rings (SSSR count). The van der Waals surface area contributed by atoms with Crippen LogP contribution in [0.5, 0.6) is 0 Å². The molecule has 8 atom stereocenters. The maximum atomic E-state index is 13.7. The number of Topliss-reactive ketones (excluding diaryl/α,β-unsaturated/α-hetero) is 1. The molecule has 5 aliphatic rings. The molecule has 0 aromatic rings. The minimum absolute atomic E-state index is 0.0504. The highest BCUT2D eigenvalue weighted by Crippen LogP contribution is 2.73. The largest absolute Gasteiger partial charge is 0.459 e. The van der Waals surface area contributed by atoms with E-state index in [2.05, 4.69) is 59.4 Å². The summed E-state index contributed by atoms with van der Waals surface area (Å²) in [6.45, 7) is 16.9. The number of hydrogen-bond donors (Lipinski definition) is 2. The number of quaternary nitrogens is 1. The quantitative estimate of drug-likeness (QED) is 0.519.